The molecule has 12 heteroatoms. The van der Waals surface area contributed by atoms with Crippen LogP contribution in [0.25, 0.3) is 78.9 Å². The Bertz CT molecular complexity index is 5010. The molecule has 0 amide bonds. The first kappa shape index (κ1) is 55.4. The third-order valence-corrected chi connectivity index (χ3v) is 17.9. The Morgan fingerprint density at radius 2 is 0.407 bits per heavy atom. The van der Waals surface area contributed by atoms with Crippen molar-refractivity contribution in [1.82, 2.24) is 27.4 Å². The molecule has 0 fully saturated rings. The van der Waals surface area contributed by atoms with Crippen molar-refractivity contribution < 1.29 is 0 Å². The van der Waals surface area contributed by atoms with E-state index in [1.54, 1.807) is 55.6 Å². The van der Waals surface area contributed by atoms with Gasteiger partial charge in [-0.15, -0.1) is 0 Å². The topological polar surface area (TPSA) is 132 Å². The van der Waals surface area contributed by atoms with Crippen LogP contribution in [0.1, 0.15) is 50.1 Å². The summed E-state index contributed by atoms with van der Waals surface area (Å²) in [6.07, 6.45) is 0. The van der Waals surface area contributed by atoms with Crippen molar-refractivity contribution in [3.63, 3.8) is 0 Å². The van der Waals surface area contributed by atoms with Crippen molar-refractivity contribution in [1.29, 1.82) is 0 Å². The van der Waals surface area contributed by atoms with Crippen LogP contribution < -0.4 is 33.4 Å². The molecular weight excluding hydrogens is 1130 g/mol. The molecule has 12 aliphatic rings. The molecule has 0 saturated heterocycles. The highest BCUT2D eigenvalue weighted by atomic mass is 16.2. The summed E-state index contributed by atoms with van der Waals surface area (Å²) in [5, 5.41) is 0. The normalized spacial score (nSPS) is 11.6. The minimum atomic E-state index is -0.443. The average Bonchev–Trinajstić information content (AvgIpc) is 1.61. The first-order chi connectivity index (χ1) is 44.4. The minimum absolute atomic E-state index is 0.170. The monoisotopic (exact) mass is 1180 g/mol. The molecule has 0 atom stereocenters. The highest BCUT2D eigenvalue weighted by Gasteiger charge is 2.47. The molecule has 0 spiro atoms. The molecule has 6 aliphatic carbocycles. The number of aromatic nitrogens is 6. The number of nitrogens with zero attached hydrogens (tertiary/aromatic N) is 6. The number of hydrogen-bond acceptors (Lipinski definition) is 6. The third-order valence-electron chi connectivity index (χ3n) is 17.9. The van der Waals surface area contributed by atoms with Crippen LogP contribution in [0.2, 0.25) is 0 Å². The van der Waals surface area contributed by atoms with E-state index in [1.807, 2.05) is 261 Å². The Hall–Kier alpha value is -12.2. The fourth-order valence-electron chi connectivity index (χ4n) is 13.7. The fraction of sp³-hybridized carbons (Fsp3) is 0.0506. The van der Waals surface area contributed by atoms with E-state index in [4.69, 9.17) is 0 Å². The smallest absolute Gasteiger partial charge is 0.283 e. The molecule has 0 saturated carbocycles. The molecule has 6 aliphatic heterocycles. The lowest BCUT2D eigenvalue weighted by atomic mass is 9.75. The number of hydrogen-bond donors (Lipinski definition) is 0. The van der Waals surface area contributed by atoms with Crippen molar-refractivity contribution in [3.05, 3.63) is 391 Å². The molecular formula is C79H55N6O6+3. The maximum Gasteiger partial charge on any atom is 0.312 e. The quantitative estimate of drug-likeness (QED) is 0.119. The van der Waals surface area contributed by atoms with Gasteiger partial charge in [-0.05, 0) is 97.1 Å². The van der Waals surface area contributed by atoms with Crippen LogP contribution in [0.5, 0.6) is 0 Å². The summed E-state index contributed by atoms with van der Waals surface area (Å²) in [7, 11) is 6.82. The summed E-state index contributed by atoms with van der Waals surface area (Å²) in [6, 6.07) is 80.3. The molecule has 434 valence electrons. The molecule has 12 nitrogen and oxygen atoms in total. The lowest BCUT2D eigenvalue weighted by Crippen LogP contribution is -2.27. The standard InChI is InChI=1S/C79H55N6O6/c1-80-59-39-23-7-17-33-53(59)68(74(80)86)65(69-54-34-18-8-24-40-60(54)81(2)75(69)87)48-45-49(66(70-55-35-19-9-25-41-61(55)82(3)76(70)88)71-56-36-20-10-26-42-62(56)83(4)77(71)89)47-50(46-48)67(72-57-37-21-11-27-43-63(57)84(78(72)90)51-29-13-5-14-30-51)73-58-38-22-12-28-44-64(58)85(79(73)91)52-31-15-6-16-32-52/h5-47H,1-4H3/q+3. The predicted octanol–water partition coefficient (Wildman–Crippen LogP) is 12.5. The van der Waals surface area contributed by atoms with Gasteiger partial charge in [-0.25, -0.2) is 37.9 Å². The van der Waals surface area contributed by atoms with Gasteiger partial charge in [0.2, 0.25) is 0 Å². The van der Waals surface area contributed by atoms with Crippen LogP contribution in [0.15, 0.2) is 290 Å². The van der Waals surface area contributed by atoms with Gasteiger partial charge in [-0.1, -0.05) is 146 Å². The molecule has 15 rings (SSSR count). The summed E-state index contributed by atoms with van der Waals surface area (Å²) in [4.78, 5) is 96.6. The summed E-state index contributed by atoms with van der Waals surface area (Å²) in [5.74, 6) is 0.694. The Balaban J connectivity index is 1.18. The molecule has 0 N–H and O–H groups in total. The predicted molar refractivity (Wildman–Crippen MR) is 359 cm³/mol. The van der Waals surface area contributed by atoms with E-state index in [1.165, 1.54) is 0 Å². The van der Waals surface area contributed by atoms with Gasteiger partial charge >= 0.3 is 33.4 Å². The second kappa shape index (κ2) is 21.9. The molecule has 0 radical (unpaired) electrons. The van der Waals surface area contributed by atoms with Gasteiger partial charge in [0.25, 0.3) is 0 Å². The van der Waals surface area contributed by atoms with E-state index in [9.17, 15) is 0 Å². The zero-order chi connectivity index (χ0) is 62.3. The Morgan fingerprint density at radius 1 is 0.220 bits per heavy atom. The summed E-state index contributed by atoms with van der Waals surface area (Å²) >= 11 is 0. The first-order valence-corrected chi connectivity index (χ1v) is 29.9. The molecule has 6 heterocycles. The zero-order valence-electron chi connectivity index (χ0n) is 50.0. The summed E-state index contributed by atoms with van der Waals surface area (Å²) in [5.41, 5.74) is 7.34. The highest BCUT2D eigenvalue weighted by Crippen LogP contribution is 2.48. The van der Waals surface area contributed by atoms with Crippen molar-refractivity contribution in [3.8, 4) is 78.9 Å². The lowest BCUT2D eigenvalue weighted by molar-refractivity contribution is 0.882. The number of para-hydroxylation sites is 2. The minimum Gasteiger partial charge on any atom is -0.283 e. The van der Waals surface area contributed by atoms with Gasteiger partial charge in [0.05, 0.1) is 113 Å². The second-order valence-corrected chi connectivity index (χ2v) is 22.8. The van der Waals surface area contributed by atoms with Crippen molar-refractivity contribution in [2.75, 3.05) is 0 Å². The van der Waals surface area contributed by atoms with Gasteiger partial charge in [0.15, 0.2) is 0 Å². The Kier molecular flexibility index (Phi) is 13.3. The molecule has 0 aromatic heterocycles. The fourth-order valence-corrected chi connectivity index (χ4v) is 13.7. The van der Waals surface area contributed by atoms with Crippen molar-refractivity contribution >= 4 is 0 Å². The second-order valence-electron chi connectivity index (χ2n) is 22.8. The first-order valence-electron chi connectivity index (χ1n) is 29.9. The van der Waals surface area contributed by atoms with E-state index in [0.717, 1.165) is 0 Å². The largest absolute Gasteiger partial charge is 0.312 e. The summed E-state index contributed by atoms with van der Waals surface area (Å²) in [6.45, 7) is 0. The average molecular weight is 1180 g/mol. The van der Waals surface area contributed by atoms with Crippen LogP contribution in [-0.2, 0) is 28.2 Å². The van der Waals surface area contributed by atoms with Gasteiger partial charge in [-0.3, -0.25) is 18.3 Å². The molecule has 3 aromatic carbocycles. The maximum atomic E-state index is 16.6. The molecule has 91 heavy (non-hydrogen) atoms. The molecule has 0 bridgehead atoms. The maximum absolute atomic E-state index is 16.6. The SMILES string of the molecule is Cn1c2cccccc-2c([C+](c2cc([C+](c3c4cccccc-4n(C)c3=O)c3c4cccccc-4n(C)c3=O)cc([C+](c3c4cccccc-4n(-c4ccccc4)c3=O)c3c4cccccc-4n(-c4ccccc4)c3=O)c2)c2c3cccccc-3n(C)c2=O)c1=O. The van der Waals surface area contributed by atoms with E-state index in [2.05, 4.69) is 0 Å². The van der Waals surface area contributed by atoms with E-state index >= 15 is 28.8 Å². The van der Waals surface area contributed by atoms with Crippen LogP contribution in [0.4, 0.5) is 0 Å². The van der Waals surface area contributed by atoms with Gasteiger partial charge in [0.1, 0.15) is 33.4 Å². The number of fused-ring (bicyclic) bond motifs is 6. The number of rotatable bonds is 11. The van der Waals surface area contributed by atoms with Gasteiger partial charge in [0, 0.05) is 46.4 Å². The van der Waals surface area contributed by atoms with Gasteiger partial charge in [-0.2, -0.15) is 0 Å². The van der Waals surface area contributed by atoms with Crippen LogP contribution in [0, 0.1) is 17.8 Å². The van der Waals surface area contributed by atoms with Crippen LogP contribution >= 0.6 is 0 Å². The highest BCUT2D eigenvalue weighted by molar-refractivity contribution is 5.87. The van der Waals surface area contributed by atoms with Crippen molar-refractivity contribution in [2.24, 2.45) is 28.2 Å². The van der Waals surface area contributed by atoms with E-state index < -0.39 is 33.4 Å². The molecule has 3 aromatic rings. The lowest BCUT2D eigenvalue weighted by Gasteiger charge is -2.19. The summed E-state index contributed by atoms with van der Waals surface area (Å²) < 4.78 is 9.61. The van der Waals surface area contributed by atoms with Crippen LogP contribution in [0.3, 0.4) is 0 Å². The zero-order valence-corrected chi connectivity index (χ0v) is 50.0. The van der Waals surface area contributed by atoms with Crippen LogP contribution in [-0.4, -0.2) is 27.4 Å². The van der Waals surface area contributed by atoms with E-state index in [-0.39, 0.29) is 51.1 Å². The Labute approximate surface area is 522 Å². The Morgan fingerprint density at radius 3 is 0.648 bits per heavy atom. The van der Waals surface area contributed by atoms with Gasteiger partial charge < -0.3 is 0 Å². The number of benzene rings is 3. The van der Waals surface area contributed by atoms with Crippen molar-refractivity contribution in [2.45, 2.75) is 0 Å². The molecule has 0 unspecified atom stereocenters. The third kappa shape index (κ3) is 8.63. The van der Waals surface area contributed by atoms with E-state index in [0.29, 0.717) is 95.6 Å².